The third-order valence-corrected chi connectivity index (χ3v) is 6.77. The smallest absolute Gasteiger partial charge is 0.260 e. The highest BCUT2D eigenvalue weighted by Gasteiger charge is 2.32. The van der Waals surface area contributed by atoms with Gasteiger partial charge in [-0.15, -0.1) is 0 Å². The summed E-state index contributed by atoms with van der Waals surface area (Å²) in [5.74, 6) is 1.24. The van der Waals surface area contributed by atoms with Crippen molar-refractivity contribution >= 4 is 22.9 Å². The molecular formula is C28H35N3O3. The maximum absolute atomic E-state index is 12.7. The second-order valence-electron chi connectivity index (χ2n) is 9.92. The molecule has 0 saturated carbocycles. The fraction of sp³-hybridized carbons (Fsp3) is 0.464. The SMILES string of the molecule is CC(C)CN(CCCN1CCOCC1)Cc1ccc2c(c1)CO/C2=C1/C(=O)Nc2ccccc21. The third-order valence-electron chi connectivity index (χ3n) is 6.77. The fourth-order valence-corrected chi connectivity index (χ4v) is 5.22. The van der Waals surface area contributed by atoms with Gasteiger partial charge in [0, 0.05) is 48.6 Å². The van der Waals surface area contributed by atoms with Crippen LogP contribution in [0, 0.1) is 5.92 Å². The van der Waals surface area contributed by atoms with Gasteiger partial charge in [-0.05, 0) is 37.1 Å². The van der Waals surface area contributed by atoms with E-state index >= 15 is 0 Å². The second kappa shape index (κ2) is 10.3. The molecule has 0 unspecified atom stereocenters. The van der Waals surface area contributed by atoms with E-state index in [1.165, 1.54) is 12.0 Å². The van der Waals surface area contributed by atoms with Crippen molar-refractivity contribution in [3.8, 4) is 0 Å². The van der Waals surface area contributed by atoms with Crippen molar-refractivity contribution in [2.24, 2.45) is 5.92 Å². The average molecular weight is 462 g/mol. The van der Waals surface area contributed by atoms with Crippen LogP contribution >= 0.6 is 0 Å². The lowest BCUT2D eigenvalue weighted by molar-refractivity contribution is -0.110. The van der Waals surface area contributed by atoms with Crippen LogP contribution in [0.3, 0.4) is 0 Å². The quantitative estimate of drug-likeness (QED) is 0.597. The van der Waals surface area contributed by atoms with Crippen molar-refractivity contribution in [3.05, 3.63) is 64.7 Å². The molecule has 0 bridgehead atoms. The summed E-state index contributed by atoms with van der Waals surface area (Å²) < 4.78 is 11.6. The van der Waals surface area contributed by atoms with Crippen LogP contribution in [0.5, 0.6) is 0 Å². The number of hydrogen-bond donors (Lipinski definition) is 1. The Morgan fingerprint density at radius 2 is 1.91 bits per heavy atom. The van der Waals surface area contributed by atoms with E-state index in [4.69, 9.17) is 9.47 Å². The number of carbonyl (C=O) groups is 1. The predicted molar refractivity (Wildman–Crippen MR) is 135 cm³/mol. The minimum absolute atomic E-state index is 0.0866. The van der Waals surface area contributed by atoms with Crippen LogP contribution in [0.15, 0.2) is 42.5 Å². The molecule has 3 aliphatic rings. The lowest BCUT2D eigenvalue weighted by atomic mass is 9.99. The number of anilines is 1. The molecule has 2 aromatic carbocycles. The number of carbonyl (C=O) groups excluding carboxylic acids is 1. The van der Waals surface area contributed by atoms with Crippen molar-refractivity contribution < 1.29 is 14.3 Å². The lowest BCUT2D eigenvalue weighted by Crippen LogP contribution is -2.38. The molecule has 0 spiro atoms. The lowest BCUT2D eigenvalue weighted by Gasteiger charge is -2.29. The van der Waals surface area contributed by atoms with E-state index in [0.29, 0.717) is 23.9 Å². The van der Waals surface area contributed by atoms with Crippen molar-refractivity contribution in [1.29, 1.82) is 0 Å². The summed E-state index contributed by atoms with van der Waals surface area (Å²) in [7, 11) is 0. The number of morpholine rings is 1. The highest BCUT2D eigenvalue weighted by molar-refractivity contribution is 6.36. The molecule has 0 atom stereocenters. The van der Waals surface area contributed by atoms with Crippen molar-refractivity contribution in [2.75, 3.05) is 51.3 Å². The summed E-state index contributed by atoms with van der Waals surface area (Å²) in [4.78, 5) is 17.8. The highest BCUT2D eigenvalue weighted by atomic mass is 16.5. The topological polar surface area (TPSA) is 54.0 Å². The van der Waals surface area contributed by atoms with E-state index in [1.807, 2.05) is 24.3 Å². The minimum Gasteiger partial charge on any atom is -0.487 e. The van der Waals surface area contributed by atoms with Gasteiger partial charge in [0.25, 0.3) is 5.91 Å². The van der Waals surface area contributed by atoms with Crippen molar-refractivity contribution in [3.63, 3.8) is 0 Å². The van der Waals surface area contributed by atoms with Gasteiger partial charge in [-0.25, -0.2) is 0 Å². The summed E-state index contributed by atoms with van der Waals surface area (Å²) >= 11 is 0. The molecule has 180 valence electrons. The van der Waals surface area contributed by atoms with Gasteiger partial charge in [-0.1, -0.05) is 50.2 Å². The van der Waals surface area contributed by atoms with Crippen LogP contribution in [-0.4, -0.2) is 61.6 Å². The molecule has 1 N–H and O–H groups in total. The zero-order valence-corrected chi connectivity index (χ0v) is 20.3. The molecule has 6 heteroatoms. The standard InChI is InChI=1S/C28H35N3O3/c1-20(2)17-31(11-5-10-30-12-14-33-15-13-30)18-21-8-9-23-22(16-21)19-34-27(23)26-24-6-3-4-7-25(24)29-28(26)32/h3-4,6-9,16,20H,5,10-15,17-19H2,1-2H3,(H,29,32)/b27-26+. The molecule has 2 aromatic rings. The molecule has 1 fully saturated rings. The first-order valence-corrected chi connectivity index (χ1v) is 12.5. The Hall–Kier alpha value is -2.67. The Kier molecular flexibility index (Phi) is 6.99. The summed E-state index contributed by atoms with van der Waals surface area (Å²) in [5.41, 5.74) is 5.92. The van der Waals surface area contributed by atoms with Gasteiger partial charge >= 0.3 is 0 Å². The maximum Gasteiger partial charge on any atom is 0.260 e. The number of para-hydroxylation sites is 1. The van der Waals surface area contributed by atoms with Gasteiger partial charge in [0.2, 0.25) is 0 Å². The second-order valence-corrected chi connectivity index (χ2v) is 9.92. The van der Waals surface area contributed by atoms with Gasteiger partial charge in [0.1, 0.15) is 12.4 Å². The molecule has 5 rings (SSSR count). The summed E-state index contributed by atoms with van der Waals surface area (Å²) in [6.45, 7) is 13.2. The zero-order valence-electron chi connectivity index (χ0n) is 20.3. The Labute approximate surface area is 202 Å². The van der Waals surface area contributed by atoms with E-state index in [1.54, 1.807) is 0 Å². The molecule has 3 heterocycles. The van der Waals surface area contributed by atoms with E-state index < -0.39 is 0 Å². The van der Waals surface area contributed by atoms with Gasteiger partial charge in [0.05, 0.1) is 18.8 Å². The van der Waals surface area contributed by atoms with Crippen LogP contribution in [0.2, 0.25) is 0 Å². The first-order chi connectivity index (χ1) is 16.6. The van der Waals surface area contributed by atoms with Crippen LogP contribution in [-0.2, 0) is 27.4 Å². The number of benzene rings is 2. The fourth-order valence-electron chi connectivity index (χ4n) is 5.22. The van der Waals surface area contributed by atoms with E-state index in [-0.39, 0.29) is 5.91 Å². The van der Waals surface area contributed by atoms with Crippen LogP contribution in [0.1, 0.15) is 42.5 Å². The average Bonchev–Trinajstić information content (AvgIpc) is 3.38. The number of nitrogens with one attached hydrogen (secondary N) is 1. The van der Waals surface area contributed by atoms with Gasteiger partial charge in [-0.3, -0.25) is 14.6 Å². The Morgan fingerprint density at radius 3 is 2.74 bits per heavy atom. The number of rotatable bonds is 8. The van der Waals surface area contributed by atoms with Crippen LogP contribution < -0.4 is 5.32 Å². The first-order valence-electron chi connectivity index (χ1n) is 12.5. The molecule has 0 aromatic heterocycles. The summed E-state index contributed by atoms with van der Waals surface area (Å²) in [6.07, 6.45) is 1.17. The number of amides is 1. The molecular weight excluding hydrogens is 426 g/mol. The predicted octanol–water partition coefficient (Wildman–Crippen LogP) is 4.22. The van der Waals surface area contributed by atoms with E-state index in [9.17, 15) is 4.79 Å². The molecule has 0 aliphatic carbocycles. The van der Waals surface area contributed by atoms with E-state index in [2.05, 4.69) is 47.2 Å². The largest absolute Gasteiger partial charge is 0.487 e. The molecule has 1 amide bonds. The third kappa shape index (κ3) is 5.04. The van der Waals surface area contributed by atoms with Crippen molar-refractivity contribution in [1.82, 2.24) is 9.80 Å². The van der Waals surface area contributed by atoms with Gasteiger partial charge in [-0.2, -0.15) is 0 Å². The van der Waals surface area contributed by atoms with Crippen LogP contribution in [0.4, 0.5) is 5.69 Å². The summed E-state index contributed by atoms with van der Waals surface area (Å²) in [5, 5.41) is 2.96. The van der Waals surface area contributed by atoms with Crippen LogP contribution in [0.25, 0.3) is 11.3 Å². The Morgan fingerprint density at radius 1 is 1.09 bits per heavy atom. The number of hydrogen-bond acceptors (Lipinski definition) is 5. The zero-order chi connectivity index (χ0) is 23.5. The van der Waals surface area contributed by atoms with Crippen molar-refractivity contribution in [2.45, 2.75) is 33.4 Å². The number of fused-ring (bicyclic) bond motifs is 2. The first kappa shape index (κ1) is 23.1. The van der Waals surface area contributed by atoms with Gasteiger partial charge in [0.15, 0.2) is 0 Å². The molecule has 1 saturated heterocycles. The molecule has 3 aliphatic heterocycles. The normalized spacial score (nSPS) is 19.9. The molecule has 0 radical (unpaired) electrons. The highest BCUT2D eigenvalue weighted by Crippen LogP contribution is 2.41. The summed E-state index contributed by atoms with van der Waals surface area (Å²) in [6, 6.07) is 14.4. The number of nitrogens with zero attached hydrogens (tertiary/aromatic N) is 2. The molecule has 34 heavy (non-hydrogen) atoms. The maximum atomic E-state index is 12.7. The Balaban J connectivity index is 1.29. The Bertz CT molecular complexity index is 1070. The minimum atomic E-state index is -0.0866. The monoisotopic (exact) mass is 461 g/mol. The molecule has 6 nitrogen and oxygen atoms in total. The number of ether oxygens (including phenoxy) is 2. The van der Waals surface area contributed by atoms with Gasteiger partial charge < -0.3 is 14.8 Å². The van der Waals surface area contributed by atoms with E-state index in [0.717, 1.165) is 74.9 Å².